The van der Waals surface area contributed by atoms with Gasteiger partial charge >= 0.3 is 5.97 Å². The maximum atomic E-state index is 11.5. The standard InChI is InChI=1S/C11H11NO5/c1-3-17-11(14)9-5-8(6-13)7(2)4-10(9)12(15)16/h4-6H,3H2,1-2H3. The molecule has 17 heavy (non-hydrogen) atoms. The van der Waals surface area contributed by atoms with E-state index in [0.717, 1.165) is 0 Å². The number of hydrogen-bond donors (Lipinski definition) is 0. The van der Waals surface area contributed by atoms with Gasteiger partial charge in [0.1, 0.15) is 11.8 Å². The van der Waals surface area contributed by atoms with Gasteiger partial charge in [-0.15, -0.1) is 0 Å². The van der Waals surface area contributed by atoms with Crippen LogP contribution in [-0.4, -0.2) is 23.8 Å². The van der Waals surface area contributed by atoms with Crippen LogP contribution in [-0.2, 0) is 4.74 Å². The monoisotopic (exact) mass is 237 g/mol. The summed E-state index contributed by atoms with van der Waals surface area (Å²) in [7, 11) is 0. The quantitative estimate of drug-likeness (QED) is 0.345. The zero-order valence-corrected chi connectivity index (χ0v) is 9.43. The minimum atomic E-state index is -0.803. The van der Waals surface area contributed by atoms with E-state index in [2.05, 4.69) is 0 Å². The average Bonchev–Trinajstić information content (AvgIpc) is 2.28. The van der Waals surface area contributed by atoms with Crippen molar-refractivity contribution in [1.82, 2.24) is 0 Å². The molecule has 0 saturated carbocycles. The highest BCUT2D eigenvalue weighted by Gasteiger charge is 2.23. The second kappa shape index (κ2) is 5.20. The number of benzene rings is 1. The zero-order valence-electron chi connectivity index (χ0n) is 9.43. The third-order valence-electron chi connectivity index (χ3n) is 2.20. The SMILES string of the molecule is CCOC(=O)c1cc(C=O)c(C)cc1[N+](=O)[O-]. The molecule has 0 aliphatic carbocycles. The highest BCUT2D eigenvalue weighted by atomic mass is 16.6. The molecule has 1 aromatic carbocycles. The smallest absolute Gasteiger partial charge is 0.345 e. The third kappa shape index (κ3) is 2.66. The number of ether oxygens (including phenoxy) is 1. The van der Waals surface area contributed by atoms with Crippen LogP contribution in [0.15, 0.2) is 12.1 Å². The molecule has 0 radical (unpaired) electrons. The molecule has 0 aliphatic rings. The van der Waals surface area contributed by atoms with E-state index in [4.69, 9.17) is 4.74 Å². The van der Waals surface area contributed by atoms with E-state index in [0.29, 0.717) is 11.8 Å². The van der Waals surface area contributed by atoms with Gasteiger partial charge in [0, 0.05) is 11.6 Å². The maximum absolute atomic E-state index is 11.5. The molecule has 1 rings (SSSR count). The summed E-state index contributed by atoms with van der Waals surface area (Å²) in [4.78, 5) is 32.3. The Balaban J connectivity index is 3.38. The predicted molar refractivity (Wildman–Crippen MR) is 59.2 cm³/mol. The first-order chi connectivity index (χ1) is 8.01. The molecule has 6 nitrogen and oxygen atoms in total. The van der Waals surface area contributed by atoms with Crippen molar-refractivity contribution in [3.8, 4) is 0 Å². The Bertz CT molecular complexity index is 481. The molecule has 0 spiro atoms. The van der Waals surface area contributed by atoms with Crippen LogP contribution in [0.25, 0.3) is 0 Å². The maximum Gasteiger partial charge on any atom is 0.345 e. The lowest BCUT2D eigenvalue weighted by atomic mass is 10.0. The van der Waals surface area contributed by atoms with Crippen LogP contribution < -0.4 is 0 Å². The lowest BCUT2D eigenvalue weighted by Gasteiger charge is -2.05. The van der Waals surface area contributed by atoms with E-state index >= 15 is 0 Å². The Hall–Kier alpha value is -2.24. The summed E-state index contributed by atoms with van der Waals surface area (Å²) in [6.45, 7) is 3.27. The van der Waals surface area contributed by atoms with Crippen molar-refractivity contribution in [3.05, 3.63) is 38.9 Å². The van der Waals surface area contributed by atoms with Gasteiger partial charge in [-0.1, -0.05) is 0 Å². The van der Waals surface area contributed by atoms with Crippen LogP contribution in [0.4, 0.5) is 5.69 Å². The lowest BCUT2D eigenvalue weighted by Crippen LogP contribution is -2.09. The molecule has 0 saturated heterocycles. The molecule has 0 aliphatic heterocycles. The lowest BCUT2D eigenvalue weighted by molar-refractivity contribution is -0.385. The van der Waals surface area contributed by atoms with Crippen molar-refractivity contribution in [1.29, 1.82) is 0 Å². The van der Waals surface area contributed by atoms with Gasteiger partial charge in [-0.05, 0) is 25.5 Å². The molecular formula is C11H11NO5. The third-order valence-corrected chi connectivity index (χ3v) is 2.20. The van der Waals surface area contributed by atoms with Crippen LogP contribution in [0, 0.1) is 17.0 Å². The van der Waals surface area contributed by atoms with Gasteiger partial charge in [0.2, 0.25) is 0 Å². The topological polar surface area (TPSA) is 86.5 Å². The molecule has 0 amide bonds. The number of hydrogen-bond acceptors (Lipinski definition) is 5. The summed E-state index contributed by atoms with van der Waals surface area (Å²) in [6.07, 6.45) is 0.543. The zero-order chi connectivity index (χ0) is 13.0. The van der Waals surface area contributed by atoms with Gasteiger partial charge in [-0.25, -0.2) is 4.79 Å². The van der Waals surface area contributed by atoms with E-state index in [1.165, 1.54) is 12.1 Å². The first-order valence-corrected chi connectivity index (χ1v) is 4.92. The number of carbonyl (C=O) groups is 2. The van der Waals surface area contributed by atoms with Crippen molar-refractivity contribution in [2.24, 2.45) is 0 Å². The number of rotatable bonds is 4. The normalized spacial score (nSPS) is 9.76. The van der Waals surface area contributed by atoms with Crippen molar-refractivity contribution in [3.63, 3.8) is 0 Å². The fourth-order valence-electron chi connectivity index (χ4n) is 1.36. The van der Waals surface area contributed by atoms with Crippen molar-refractivity contribution in [2.45, 2.75) is 13.8 Å². The fourth-order valence-corrected chi connectivity index (χ4v) is 1.36. The number of aldehydes is 1. The van der Waals surface area contributed by atoms with E-state index < -0.39 is 10.9 Å². The van der Waals surface area contributed by atoms with Crippen LogP contribution in [0.5, 0.6) is 0 Å². The molecule has 0 N–H and O–H groups in total. The molecule has 0 heterocycles. The molecule has 6 heteroatoms. The second-order valence-corrected chi connectivity index (χ2v) is 3.32. The van der Waals surface area contributed by atoms with Crippen LogP contribution >= 0.6 is 0 Å². The van der Waals surface area contributed by atoms with Crippen LogP contribution in [0.3, 0.4) is 0 Å². The van der Waals surface area contributed by atoms with Gasteiger partial charge in [-0.3, -0.25) is 14.9 Å². The van der Waals surface area contributed by atoms with Gasteiger partial charge in [-0.2, -0.15) is 0 Å². The van der Waals surface area contributed by atoms with Crippen molar-refractivity contribution < 1.29 is 19.2 Å². The Morgan fingerprint density at radius 2 is 2.18 bits per heavy atom. The first kappa shape index (κ1) is 12.8. The number of nitro benzene ring substituents is 1. The van der Waals surface area contributed by atoms with Gasteiger partial charge in [0.25, 0.3) is 5.69 Å². The Morgan fingerprint density at radius 1 is 1.53 bits per heavy atom. The number of esters is 1. The number of nitro groups is 1. The molecular weight excluding hydrogens is 226 g/mol. The molecule has 0 bridgehead atoms. The minimum Gasteiger partial charge on any atom is -0.462 e. The fraction of sp³-hybridized carbons (Fsp3) is 0.273. The summed E-state index contributed by atoms with van der Waals surface area (Å²) < 4.78 is 4.70. The molecule has 0 fully saturated rings. The number of carbonyl (C=O) groups excluding carboxylic acids is 2. The summed E-state index contributed by atoms with van der Waals surface area (Å²) in [6, 6.07) is 2.37. The molecule has 0 atom stereocenters. The van der Waals surface area contributed by atoms with E-state index in [9.17, 15) is 19.7 Å². The second-order valence-electron chi connectivity index (χ2n) is 3.32. The largest absolute Gasteiger partial charge is 0.462 e. The first-order valence-electron chi connectivity index (χ1n) is 4.92. The molecule has 90 valence electrons. The summed E-state index contributed by atoms with van der Waals surface area (Å²) in [5.74, 6) is -0.803. The van der Waals surface area contributed by atoms with E-state index in [1.54, 1.807) is 13.8 Å². The predicted octanol–water partition coefficient (Wildman–Crippen LogP) is 1.89. The molecule has 1 aromatic rings. The van der Waals surface area contributed by atoms with E-state index in [1.807, 2.05) is 0 Å². The highest BCUT2D eigenvalue weighted by molar-refractivity contribution is 5.96. The molecule has 0 unspecified atom stereocenters. The van der Waals surface area contributed by atoms with E-state index in [-0.39, 0.29) is 23.4 Å². The summed E-state index contributed by atoms with van der Waals surface area (Å²) in [5.41, 5.74) is 0.120. The Labute approximate surface area is 97.3 Å². The Kier molecular flexibility index (Phi) is 3.92. The Morgan fingerprint density at radius 3 is 2.65 bits per heavy atom. The molecule has 0 aromatic heterocycles. The highest BCUT2D eigenvalue weighted by Crippen LogP contribution is 2.23. The number of nitrogens with zero attached hydrogens (tertiary/aromatic N) is 1. The average molecular weight is 237 g/mol. The minimum absolute atomic E-state index is 0.111. The van der Waals surface area contributed by atoms with Crippen molar-refractivity contribution >= 4 is 17.9 Å². The van der Waals surface area contributed by atoms with Gasteiger partial charge in [0.05, 0.1) is 11.5 Å². The number of aryl methyl sites for hydroxylation is 1. The van der Waals surface area contributed by atoms with Crippen LogP contribution in [0.1, 0.15) is 33.2 Å². The summed E-state index contributed by atoms with van der Waals surface area (Å²) in [5, 5.41) is 10.8. The van der Waals surface area contributed by atoms with Crippen molar-refractivity contribution in [2.75, 3.05) is 6.61 Å². The summed E-state index contributed by atoms with van der Waals surface area (Å²) >= 11 is 0. The van der Waals surface area contributed by atoms with Gasteiger partial charge < -0.3 is 4.74 Å². The van der Waals surface area contributed by atoms with Crippen LogP contribution in [0.2, 0.25) is 0 Å². The van der Waals surface area contributed by atoms with Gasteiger partial charge in [0.15, 0.2) is 0 Å².